The SMILES string of the molecule is CSc1nccnc1CN(C)C[C@@H]1CCCN1C(=O)OC(C)(C)C. The predicted molar refractivity (Wildman–Crippen MR) is 96.1 cm³/mol. The summed E-state index contributed by atoms with van der Waals surface area (Å²) in [6.07, 6.45) is 7.29. The summed E-state index contributed by atoms with van der Waals surface area (Å²) >= 11 is 1.61. The van der Waals surface area contributed by atoms with Crippen molar-refractivity contribution in [2.75, 3.05) is 26.4 Å². The molecular formula is C17H28N4O2S. The van der Waals surface area contributed by atoms with Crippen molar-refractivity contribution in [1.82, 2.24) is 19.8 Å². The highest BCUT2D eigenvalue weighted by Gasteiger charge is 2.32. The normalized spacial score (nSPS) is 18.2. The Morgan fingerprint density at radius 3 is 2.79 bits per heavy atom. The minimum atomic E-state index is -0.455. The number of ether oxygens (including phenoxy) is 1. The Hall–Kier alpha value is -1.34. The summed E-state index contributed by atoms with van der Waals surface area (Å²) in [4.78, 5) is 25.2. The summed E-state index contributed by atoms with van der Waals surface area (Å²) in [6, 6.07) is 0.194. The molecule has 2 rings (SSSR count). The maximum atomic E-state index is 12.4. The van der Waals surface area contributed by atoms with Crippen molar-refractivity contribution in [3.05, 3.63) is 18.1 Å². The van der Waals surface area contributed by atoms with Crippen LogP contribution in [-0.4, -0.2) is 63.9 Å². The lowest BCUT2D eigenvalue weighted by Crippen LogP contribution is -2.44. The van der Waals surface area contributed by atoms with E-state index in [4.69, 9.17) is 4.74 Å². The van der Waals surface area contributed by atoms with Gasteiger partial charge < -0.3 is 9.64 Å². The molecule has 1 aliphatic heterocycles. The quantitative estimate of drug-likeness (QED) is 0.759. The molecule has 0 radical (unpaired) electrons. The Labute approximate surface area is 149 Å². The number of likely N-dealkylation sites (N-methyl/N-ethyl adjacent to an activating group) is 1. The molecule has 1 aromatic heterocycles. The maximum Gasteiger partial charge on any atom is 0.410 e. The summed E-state index contributed by atoms with van der Waals surface area (Å²) in [5.74, 6) is 0. The molecule has 134 valence electrons. The fourth-order valence-electron chi connectivity index (χ4n) is 2.90. The molecule has 1 saturated heterocycles. The largest absolute Gasteiger partial charge is 0.444 e. The fourth-order valence-corrected chi connectivity index (χ4v) is 3.42. The van der Waals surface area contributed by atoms with Crippen molar-refractivity contribution in [3.8, 4) is 0 Å². The van der Waals surface area contributed by atoms with Crippen LogP contribution in [0.15, 0.2) is 17.4 Å². The first-order valence-electron chi connectivity index (χ1n) is 8.32. The summed E-state index contributed by atoms with van der Waals surface area (Å²) in [7, 11) is 2.06. The van der Waals surface area contributed by atoms with Crippen molar-refractivity contribution in [1.29, 1.82) is 0 Å². The molecule has 7 heteroatoms. The van der Waals surface area contributed by atoms with E-state index >= 15 is 0 Å². The second kappa shape index (κ2) is 8.16. The molecule has 1 aromatic rings. The third-order valence-electron chi connectivity index (χ3n) is 3.88. The second-order valence-corrected chi connectivity index (χ2v) is 7.97. The number of hydrogen-bond acceptors (Lipinski definition) is 6. The molecule has 1 amide bonds. The van der Waals surface area contributed by atoms with E-state index in [0.717, 1.165) is 43.2 Å². The van der Waals surface area contributed by atoms with Crippen LogP contribution in [0.25, 0.3) is 0 Å². The molecule has 2 heterocycles. The van der Waals surface area contributed by atoms with Gasteiger partial charge in [0.05, 0.1) is 5.69 Å². The number of thioether (sulfide) groups is 1. The van der Waals surface area contributed by atoms with Gasteiger partial charge in [-0.1, -0.05) is 0 Å². The molecule has 6 nitrogen and oxygen atoms in total. The zero-order valence-corrected chi connectivity index (χ0v) is 16.1. The van der Waals surface area contributed by atoms with E-state index in [1.807, 2.05) is 31.9 Å². The van der Waals surface area contributed by atoms with E-state index < -0.39 is 5.60 Å². The van der Waals surface area contributed by atoms with E-state index in [1.54, 1.807) is 24.2 Å². The van der Waals surface area contributed by atoms with Gasteiger partial charge in [0, 0.05) is 38.1 Å². The molecule has 0 bridgehead atoms. The summed E-state index contributed by atoms with van der Waals surface area (Å²) in [5, 5.41) is 0.958. The first kappa shape index (κ1) is 19.0. The Morgan fingerprint density at radius 2 is 2.12 bits per heavy atom. The molecule has 0 saturated carbocycles. The number of rotatable bonds is 5. The van der Waals surface area contributed by atoms with Crippen LogP contribution in [0.5, 0.6) is 0 Å². The van der Waals surface area contributed by atoms with Gasteiger partial charge in [-0.05, 0) is 46.9 Å². The Balaban J connectivity index is 1.95. The lowest BCUT2D eigenvalue weighted by Gasteiger charge is -2.30. The van der Waals surface area contributed by atoms with Crippen LogP contribution >= 0.6 is 11.8 Å². The first-order valence-corrected chi connectivity index (χ1v) is 9.54. The maximum absolute atomic E-state index is 12.4. The van der Waals surface area contributed by atoms with E-state index in [2.05, 4.69) is 21.9 Å². The van der Waals surface area contributed by atoms with Gasteiger partial charge >= 0.3 is 6.09 Å². The van der Waals surface area contributed by atoms with Crippen LogP contribution in [0, 0.1) is 0 Å². The minimum absolute atomic E-state index is 0.194. The summed E-state index contributed by atoms with van der Waals surface area (Å²) in [6.45, 7) is 8.02. The number of nitrogens with zero attached hydrogens (tertiary/aromatic N) is 4. The second-order valence-electron chi connectivity index (χ2n) is 7.18. The number of hydrogen-bond donors (Lipinski definition) is 0. The molecule has 1 fully saturated rings. The molecule has 24 heavy (non-hydrogen) atoms. The lowest BCUT2D eigenvalue weighted by atomic mass is 10.2. The average Bonchev–Trinajstić information content (AvgIpc) is 2.94. The minimum Gasteiger partial charge on any atom is -0.444 e. The number of aromatic nitrogens is 2. The van der Waals surface area contributed by atoms with Gasteiger partial charge in [-0.3, -0.25) is 9.88 Å². The number of amides is 1. The standard InChI is InChI=1S/C17H28N4O2S/c1-17(2,3)23-16(22)21-10-6-7-13(21)11-20(4)12-14-15(24-5)19-9-8-18-14/h8-9,13H,6-7,10-12H2,1-5H3/t13-/m0/s1. The summed E-state index contributed by atoms with van der Waals surface area (Å²) in [5.41, 5.74) is 0.525. The Bertz CT molecular complexity index is 562. The molecule has 0 spiro atoms. The van der Waals surface area contributed by atoms with Gasteiger partial charge in [-0.15, -0.1) is 11.8 Å². The molecule has 1 atom stereocenters. The highest BCUT2D eigenvalue weighted by molar-refractivity contribution is 7.98. The zero-order chi connectivity index (χ0) is 17.7. The van der Waals surface area contributed by atoms with E-state index in [1.165, 1.54) is 0 Å². The van der Waals surface area contributed by atoms with Crippen LogP contribution < -0.4 is 0 Å². The monoisotopic (exact) mass is 352 g/mol. The van der Waals surface area contributed by atoms with Crippen LogP contribution in [0.3, 0.4) is 0 Å². The molecular weight excluding hydrogens is 324 g/mol. The van der Waals surface area contributed by atoms with Gasteiger partial charge in [0.2, 0.25) is 0 Å². The number of carbonyl (C=O) groups excluding carboxylic acids is 1. The molecule has 0 aromatic carbocycles. The fraction of sp³-hybridized carbons (Fsp3) is 0.706. The lowest BCUT2D eigenvalue weighted by molar-refractivity contribution is 0.0201. The van der Waals surface area contributed by atoms with Crippen LogP contribution in [-0.2, 0) is 11.3 Å². The van der Waals surface area contributed by atoms with Gasteiger partial charge in [0.25, 0.3) is 0 Å². The van der Waals surface area contributed by atoms with Crippen molar-refractivity contribution in [2.45, 2.75) is 56.8 Å². The van der Waals surface area contributed by atoms with Crippen molar-refractivity contribution >= 4 is 17.9 Å². The first-order chi connectivity index (χ1) is 11.3. The Morgan fingerprint density at radius 1 is 1.42 bits per heavy atom. The topological polar surface area (TPSA) is 58.6 Å². The van der Waals surface area contributed by atoms with Crippen molar-refractivity contribution < 1.29 is 9.53 Å². The number of likely N-dealkylation sites (tertiary alicyclic amines) is 1. The van der Waals surface area contributed by atoms with Gasteiger partial charge in [-0.25, -0.2) is 9.78 Å². The van der Waals surface area contributed by atoms with Crippen molar-refractivity contribution in [3.63, 3.8) is 0 Å². The molecule has 0 aliphatic carbocycles. The van der Waals surface area contributed by atoms with Gasteiger partial charge in [0.1, 0.15) is 10.6 Å². The van der Waals surface area contributed by atoms with E-state index in [-0.39, 0.29) is 12.1 Å². The van der Waals surface area contributed by atoms with Gasteiger partial charge in [0.15, 0.2) is 0 Å². The molecule has 0 N–H and O–H groups in total. The van der Waals surface area contributed by atoms with Crippen LogP contribution in [0.1, 0.15) is 39.3 Å². The highest BCUT2D eigenvalue weighted by atomic mass is 32.2. The summed E-state index contributed by atoms with van der Waals surface area (Å²) < 4.78 is 5.53. The smallest absolute Gasteiger partial charge is 0.410 e. The molecule has 0 unspecified atom stereocenters. The Kier molecular flexibility index (Phi) is 6.46. The average molecular weight is 353 g/mol. The third kappa shape index (κ3) is 5.34. The highest BCUT2D eigenvalue weighted by Crippen LogP contribution is 2.22. The van der Waals surface area contributed by atoms with Crippen LogP contribution in [0.2, 0.25) is 0 Å². The predicted octanol–water partition coefficient (Wildman–Crippen LogP) is 3.03. The third-order valence-corrected chi connectivity index (χ3v) is 4.60. The molecule has 1 aliphatic rings. The van der Waals surface area contributed by atoms with E-state index in [0.29, 0.717) is 0 Å². The van der Waals surface area contributed by atoms with Crippen LogP contribution in [0.4, 0.5) is 4.79 Å². The zero-order valence-electron chi connectivity index (χ0n) is 15.3. The van der Waals surface area contributed by atoms with E-state index in [9.17, 15) is 4.79 Å². The van der Waals surface area contributed by atoms with Crippen molar-refractivity contribution in [2.24, 2.45) is 0 Å². The van der Waals surface area contributed by atoms with Gasteiger partial charge in [-0.2, -0.15) is 0 Å². The number of carbonyl (C=O) groups is 1.